The highest BCUT2D eigenvalue weighted by Crippen LogP contribution is 2.18. The van der Waals surface area contributed by atoms with Crippen LogP contribution in [0.3, 0.4) is 0 Å². The van der Waals surface area contributed by atoms with Crippen molar-refractivity contribution in [3.8, 4) is 0 Å². The van der Waals surface area contributed by atoms with Gasteiger partial charge in [-0.25, -0.2) is 13.1 Å². The molecule has 0 bridgehead atoms. The highest BCUT2D eigenvalue weighted by molar-refractivity contribution is 7.89. The summed E-state index contributed by atoms with van der Waals surface area (Å²) in [7, 11) is -3.63. The number of carbonyl (C=O) groups excluding carboxylic acids is 1. The van der Waals surface area contributed by atoms with Gasteiger partial charge in [-0.15, -0.1) is 0 Å². The van der Waals surface area contributed by atoms with Crippen molar-refractivity contribution < 1.29 is 13.2 Å². The van der Waals surface area contributed by atoms with Gasteiger partial charge in [0, 0.05) is 35.2 Å². The van der Waals surface area contributed by atoms with E-state index in [1.54, 1.807) is 26.0 Å². The number of amides is 1. The molecule has 1 amide bonds. The predicted molar refractivity (Wildman–Crippen MR) is 106 cm³/mol. The minimum absolute atomic E-state index is 0.0838. The molecule has 1 heterocycles. The Morgan fingerprint density at radius 1 is 1.11 bits per heavy atom. The van der Waals surface area contributed by atoms with Gasteiger partial charge in [-0.1, -0.05) is 24.3 Å². The van der Waals surface area contributed by atoms with Gasteiger partial charge in [0.15, 0.2) is 0 Å². The van der Waals surface area contributed by atoms with Gasteiger partial charge in [-0.2, -0.15) is 0 Å². The van der Waals surface area contributed by atoms with E-state index in [9.17, 15) is 13.2 Å². The lowest BCUT2D eigenvalue weighted by Gasteiger charge is -2.11. The zero-order chi connectivity index (χ0) is 19.4. The van der Waals surface area contributed by atoms with E-state index in [0.717, 1.165) is 16.5 Å². The topological polar surface area (TPSA) is 91.1 Å². The van der Waals surface area contributed by atoms with E-state index in [-0.39, 0.29) is 16.8 Å². The molecule has 0 saturated heterocycles. The maximum Gasteiger partial charge on any atom is 0.251 e. The molecule has 6 nitrogen and oxygen atoms in total. The summed E-state index contributed by atoms with van der Waals surface area (Å²) in [6.07, 6.45) is 2.63. The molecule has 0 saturated carbocycles. The molecule has 142 valence electrons. The second-order valence-electron chi connectivity index (χ2n) is 6.67. The lowest BCUT2D eigenvalue weighted by atomic mass is 10.1. The van der Waals surface area contributed by atoms with Gasteiger partial charge in [-0.3, -0.25) is 4.79 Å². The Bertz CT molecular complexity index is 1060. The van der Waals surface area contributed by atoms with Gasteiger partial charge in [0.05, 0.1) is 4.90 Å². The molecule has 7 heteroatoms. The van der Waals surface area contributed by atoms with Crippen molar-refractivity contribution in [2.45, 2.75) is 31.2 Å². The maximum absolute atomic E-state index is 12.4. The number of hydrogen-bond donors (Lipinski definition) is 3. The molecule has 2 aromatic carbocycles. The summed E-state index contributed by atoms with van der Waals surface area (Å²) in [5, 5.41) is 3.99. The second-order valence-corrected chi connectivity index (χ2v) is 8.38. The molecule has 0 aliphatic carbocycles. The molecule has 0 radical (unpaired) electrons. The summed E-state index contributed by atoms with van der Waals surface area (Å²) >= 11 is 0. The zero-order valence-electron chi connectivity index (χ0n) is 15.3. The number of benzene rings is 2. The van der Waals surface area contributed by atoms with Crippen molar-refractivity contribution in [2.24, 2.45) is 0 Å². The summed E-state index contributed by atoms with van der Waals surface area (Å²) in [6.45, 7) is 3.96. The molecule has 3 rings (SSSR count). The summed E-state index contributed by atoms with van der Waals surface area (Å²) in [5.74, 6) is -0.295. The van der Waals surface area contributed by atoms with Gasteiger partial charge < -0.3 is 10.3 Å². The Hall–Kier alpha value is -2.64. The highest BCUT2D eigenvalue weighted by atomic mass is 32.2. The predicted octanol–water partition coefficient (Wildman–Crippen LogP) is 2.83. The van der Waals surface area contributed by atoms with Crippen molar-refractivity contribution >= 4 is 26.8 Å². The van der Waals surface area contributed by atoms with Crippen LogP contribution in [-0.4, -0.2) is 31.9 Å². The fourth-order valence-corrected chi connectivity index (χ4v) is 4.23. The van der Waals surface area contributed by atoms with Gasteiger partial charge >= 0.3 is 0 Å². The number of sulfonamides is 1. The summed E-state index contributed by atoms with van der Waals surface area (Å²) in [6, 6.07) is 13.8. The summed E-state index contributed by atoms with van der Waals surface area (Å²) in [5.41, 5.74) is 2.51. The van der Waals surface area contributed by atoms with Gasteiger partial charge in [0.2, 0.25) is 10.0 Å². The number of rotatable bonds is 7. The molecule has 0 fully saturated rings. The first-order valence-corrected chi connectivity index (χ1v) is 10.3. The average Bonchev–Trinajstić information content (AvgIpc) is 3.04. The van der Waals surface area contributed by atoms with Crippen LogP contribution in [0.1, 0.15) is 29.8 Å². The molecule has 3 N–H and O–H groups in total. The Kier molecular flexibility index (Phi) is 5.62. The smallest absolute Gasteiger partial charge is 0.251 e. The number of aromatic amines is 1. The Morgan fingerprint density at radius 2 is 1.89 bits per heavy atom. The Balaban J connectivity index is 1.65. The molecule has 0 aliphatic heterocycles. The lowest BCUT2D eigenvalue weighted by molar-refractivity contribution is 0.0954. The van der Waals surface area contributed by atoms with Crippen molar-refractivity contribution in [3.05, 3.63) is 65.9 Å². The van der Waals surface area contributed by atoms with E-state index in [2.05, 4.69) is 15.0 Å². The van der Waals surface area contributed by atoms with E-state index in [1.807, 2.05) is 30.5 Å². The van der Waals surface area contributed by atoms with Crippen LogP contribution in [0.15, 0.2) is 59.6 Å². The molecular formula is C20H23N3O3S. The third kappa shape index (κ3) is 4.56. The average molecular weight is 385 g/mol. The van der Waals surface area contributed by atoms with Crippen LogP contribution < -0.4 is 10.0 Å². The van der Waals surface area contributed by atoms with E-state index >= 15 is 0 Å². The number of hydrogen-bond acceptors (Lipinski definition) is 3. The van der Waals surface area contributed by atoms with E-state index in [4.69, 9.17) is 0 Å². The van der Waals surface area contributed by atoms with Crippen LogP contribution >= 0.6 is 0 Å². The van der Waals surface area contributed by atoms with Crippen molar-refractivity contribution in [1.82, 2.24) is 15.0 Å². The number of aromatic nitrogens is 1. The number of para-hydroxylation sites is 1. The Morgan fingerprint density at radius 3 is 2.67 bits per heavy atom. The molecule has 0 aliphatic rings. The molecule has 3 aromatic rings. The molecule has 1 aromatic heterocycles. The van der Waals surface area contributed by atoms with E-state index in [0.29, 0.717) is 18.5 Å². The maximum atomic E-state index is 12.4. The minimum Gasteiger partial charge on any atom is -0.361 e. The summed E-state index contributed by atoms with van der Waals surface area (Å²) < 4.78 is 27.0. The third-order valence-corrected chi connectivity index (χ3v) is 5.81. The minimum atomic E-state index is -3.63. The first kappa shape index (κ1) is 19.1. The van der Waals surface area contributed by atoms with Crippen LogP contribution in [0.5, 0.6) is 0 Å². The fraction of sp³-hybridized carbons (Fsp3) is 0.250. The van der Waals surface area contributed by atoms with E-state index in [1.165, 1.54) is 12.1 Å². The monoisotopic (exact) mass is 385 g/mol. The number of nitrogens with one attached hydrogen (secondary N) is 3. The van der Waals surface area contributed by atoms with Crippen LogP contribution in [0.2, 0.25) is 0 Å². The molecule has 0 atom stereocenters. The molecule has 0 unspecified atom stereocenters. The van der Waals surface area contributed by atoms with Crippen LogP contribution in [0, 0.1) is 0 Å². The number of fused-ring (bicyclic) bond motifs is 1. The lowest BCUT2D eigenvalue weighted by Crippen LogP contribution is -2.30. The van der Waals surface area contributed by atoms with Crippen molar-refractivity contribution in [2.75, 3.05) is 6.54 Å². The molecule has 27 heavy (non-hydrogen) atoms. The quantitative estimate of drug-likeness (QED) is 0.584. The van der Waals surface area contributed by atoms with Crippen LogP contribution in [0.4, 0.5) is 0 Å². The highest BCUT2D eigenvalue weighted by Gasteiger charge is 2.17. The summed E-state index contributed by atoms with van der Waals surface area (Å²) in [4.78, 5) is 15.7. The molecule has 0 spiro atoms. The SMILES string of the molecule is CC(C)NS(=O)(=O)c1cccc(C(=O)NCCc2c[nH]c3ccccc23)c1. The standard InChI is InChI=1S/C20H23N3O3S/c1-14(2)23-27(25,26)17-7-5-6-15(12-17)20(24)21-11-10-16-13-22-19-9-4-3-8-18(16)19/h3-9,12-14,22-23H,10-11H2,1-2H3,(H,21,24). The normalized spacial score (nSPS) is 11.8. The Labute approximate surface area is 159 Å². The van der Waals surface area contributed by atoms with Crippen molar-refractivity contribution in [1.29, 1.82) is 0 Å². The third-order valence-electron chi connectivity index (χ3n) is 4.15. The number of H-pyrrole nitrogens is 1. The first-order chi connectivity index (χ1) is 12.9. The fourth-order valence-electron chi connectivity index (χ4n) is 2.93. The van der Waals surface area contributed by atoms with E-state index < -0.39 is 10.0 Å². The zero-order valence-corrected chi connectivity index (χ0v) is 16.1. The largest absolute Gasteiger partial charge is 0.361 e. The number of carbonyl (C=O) groups is 1. The van der Waals surface area contributed by atoms with Gasteiger partial charge in [0.25, 0.3) is 5.91 Å². The first-order valence-electron chi connectivity index (χ1n) is 8.82. The van der Waals surface area contributed by atoms with Crippen LogP contribution in [-0.2, 0) is 16.4 Å². The van der Waals surface area contributed by atoms with Crippen molar-refractivity contribution in [3.63, 3.8) is 0 Å². The van der Waals surface area contributed by atoms with Crippen LogP contribution in [0.25, 0.3) is 10.9 Å². The molecular weight excluding hydrogens is 362 g/mol. The van der Waals surface area contributed by atoms with Gasteiger partial charge in [-0.05, 0) is 50.1 Å². The van der Waals surface area contributed by atoms with Gasteiger partial charge in [0.1, 0.15) is 0 Å². The second kappa shape index (κ2) is 7.94.